The fraction of sp³-hybridized carbons (Fsp3) is 0.364. The number of nitrogens with one attached hydrogen (secondary N) is 1. The molecule has 1 amide bonds. The molecule has 0 atom stereocenters. The maximum Gasteiger partial charge on any atom is 0.405 e. The topological polar surface area (TPSA) is 38.3 Å². The molecular formula is C11H11BrF3NO2. The van der Waals surface area contributed by atoms with Crippen LogP contribution in [0.1, 0.15) is 15.9 Å². The zero-order valence-corrected chi connectivity index (χ0v) is 11.3. The SMILES string of the molecule is COc1ccc(Br)c(C(=O)NCC(F)(F)F)c1C. The Balaban J connectivity index is 2.98. The number of carbonyl (C=O) groups excluding carboxylic acids is 1. The highest BCUT2D eigenvalue weighted by Crippen LogP contribution is 2.28. The molecular weight excluding hydrogens is 315 g/mol. The first-order chi connectivity index (χ1) is 8.26. The van der Waals surface area contributed by atoms with Gasteiger partial charge in [-0.05, 0) is 35.0 Å². The average Bonchev–Trinajstić information content (AvgIpc) is 2.26. The van der Waals surface area contributed by atoms with Crippen molar-refractivity contribution in [1.82, 2.24) is 5.32 Å². The van der Waals surface area contributed by atoms with Crippen molar-refractivity contribution >= 4 is 21.8 Å². The van der Waals surface area contributed by atoms with Crippen LogP contribution in [-0.4, -0.2) is 25.7 Å². The van der Waals surface area contributed by atoms with E-state index < -0.39 is 18.6 Å². The monoisotopic (exact) mass is 325 g/mol. The highest BCUT2D eigenvalue weighted by atomic mass is 79.9. The van der Waals surface area contributed by atoms with Crippen LogP contribution in [0.5, 0.6) is 5.75 Å². The Labute approximate surface area is 110 Å². The molecule has 0 aromatic heterocycles. The molecule has 0 fully saturated rings. The second-order valence-electron chi connectivity index (χ2n) is 3.55. The molecule has 0 aliphatic heterocycles. The summed E-state index contributed by atoms with van der Waals surface area (Å²) >= 11 is 3.13. The van der Waals surface area contributed by atoms with Crippen LogP contribution in [0, 0.1) is 6.92 Å². The number of ether oxygens (including phenoxy) is 1. The van der Waals surface area contributed by atoms with Crippen LogP contribution in [-0.2, 0) is 0 Å². The quantitative estimate of drug-likeness (QED) is 0.927. The van der Waals surface area contributed by atoms with E-state index in [0.717, 1.165) is 0 Å². The molecule has 0 unspecified atom stereocenters. The smallest absolute Gasteiger partial charge is 0.405 e. The van der Waals surface area contributed by atoms with E-state index in [-0.39, 0.29) is 5.56 Å². The van der Waals surface area contributed by atoms with Gasteiger partial charge in [0.25, 0.3) is 5.91 Å². The lowest BCUT2D eigenvalue weighted by atomic mass is 10.1. The van der Waals surface area contributed by atoms with Gasteiger partial charge >= 0.3 is 6.18 Å². The molecule has 0 aliphatic carbocycles. The Hall–Kier alpha value is -1.24. The summed E-state index contributed by atoms with van der Waals surface area (Å²) < 4.78 is 41.5. The van der Waals surface area contributed by atoms with Crippen LogP contribution < -0.4 is 10.1 Å². The van der Waals surface area contributed by atoms with Crippen molar-refractivity contribution in [2.24, 2.45) is 0 Å². The largest absolute Gasteiger partial charge is 0.496 e. The summed E-state index contributed by atoms with van der Waals surface area (Å²) in [5, 5.41) is 1.82. The summed E-state index contributed by atoms with van der Waals surface area (Å²) in [6.07, 6.45) is -4.44. The van der Waals surface area contributed by atoms with Crippen molar-refractivity contribution in [3.05, 3.63) is 27.7 Å². The third-order valence-electron chi connectivity index (χ3n) is 2.26. The summed E-state index contributed by atoms with van der Waals surface area (Å²) in [6.45, 7) is 0.237. The number of halogens is 4. The van der Waals surface area contributed by atoms with Crippen LogP contribution in [0.25, 0.3) is 0 Å². The molecule has 0 aliphatic rings. The van der Waals surface area contributed by atoms with E-state index in [0.29, 0.717) is 15.8 Å². The molecule has 0 radical (unpaired) electrons. The molecule has 7 heteroatoms. The van der Waals surface area contributed by atoms with E-state index in [9.17, 15) is 18.0 Å². The van der Waals surface area contributed by atoms with Gasteiger partial charge in [-0.25, -0.2) is 0 Å². The highest BCUT2D eigenvalue weighted by Gasteiger charge is 2.28. The van der Waals surface area contributed by atoms with Gasteiger partial charge < -0.3 is 10.1 Å². The van der Waals surface area contributed by atoms with Crippen molar-refractivity contribution in [1.29, 1.82) is 0 Å². The van der Waals surface area contributed by atoms with Crippen LogP contribution in [0.4, 0.5) is 13.2 Å². The summed E-state index contributed by atoms with van der Waals surface area (Å²) in [5.74, 6) is -0.356. The normalized spacial score (nSPS) is 11.2. The van der Waals surface area contributed by atoms with Gasteiger partial charge in [-0.15, -0.1) is 0 Å². The molecule has 0 spiro atoms. The minimum atomic E-state index is -4.44. The number of hydrogen-bond acceptors (Lipinski definition) is 2. The molecule has 0 saturated heterocycles. The van der Waals surface area contributed by atoms with E-state index in [1.165, 1.54) is 7.11 Å². The molecule has 0 bridgehead atoms. The number of rotatable bonds is 3. The van der Waals surface area contributed by atoms with Crippen molar-refractivity contribution in [2.45, 2.75) is 13.1 Å². The van der Waals surface area contributed by atoms with E-state index in [1.807, 2.05) is 5.32 Å². The summed E-state index contributed by atoms with van der Waals surface area (Å²) in [7, 11) is 1.42. The maximum atomic E-state index is 12.0. The van der Waals surface area contributed by atoms with Gasteiger partial charge in [0.2, 0.25) is 0 Å². The predicted octanol–water partition coefficient (Wildman–Crippen LogP) is 3.06. The minimum Gasteiger partial charge on any atom is -0.496 e. The lowest BCUT2D eigenvalue weighted by Crippen LogP contribution is -2.34. The lowest BCUT2D eigenvalue weighted by Gasteiger charge is -2.13. The molecule has 1 N–H and O–H groups in total. The Kier molecular flexibility index (Phi) is 4.61. The zero-order valence-electron chi connectivity index (χ0n) is 9.69. The third-order valence-corrected chi connectivity index (χ3v) is 2.92. The van der Waals surface area contributed by atoms with Crippen molar-refractivity contribution in [2.75, 3.05) is 13.7 Å². The molecule has 1 rings (SSSR count). The number of alkyl halides is 3. The Morgan fingerprint density at radius 2 is 2.06 bits per heavy atom. The van der Waals surface area contributed by atoms with E-state index in [4.69, 9.17) is 4.74 Å². The fourth-order valence-corrected chi connectivity index (χ4v) is 2.04. The van der Waals surface area contributed by atoms with Gasteiger partial charge in [-0.2, -0.15) is 13.2 Å². The lowest BCUT2D eigenvalue weighted by molar-refractivity contribution is -0.123. The number of methoxy groups -OCH3 is 1. The van der Waals surface area contributed by atoms with Gasteiger partial charge in [-0.3, -0.25) is 4.79 Å². The number of carbonyl (C=O) groups is 1. The van der Waals surface area contributed by atoms with Gasteiger partial charge in [0.15, 0.2) is 0 Å². The molecule has 0 saturated carbocycles. The standard InChI is InChI=1S/C11H11BrF3NO2/c1-6-8(18-2)4-3-7(12)9(6)10(17)16-5-11(13,14)15/h3-4H,5H2,1-2H3,(H,16,17). The number of benzene rings is 1. The second kappa shape index (κ2) is 5.60. The Morgan fingerprint density at radius 1 is 1.44 bits per heavy atom. The Morgan fingerprint density at radius 3 is 2.56 bits per heavy atom. The van der Waals surface area contributed by atoms with Crippen molar-refractivity contribution in [3.8, 4) is 5.75 Å². The second-order valence-corrected chi connectivity index (χ2v) is 4.40. The summed E-state index contributed by atoms with van der Waals surface area (Å²) in [5.41, 5.74) is 0.616. The van der Waals surface area contributed by atoms with Crippen LogP contribution >= 0.6 is 15.9 Å². The van der Waals surface area contributed by atoms with Gasteiger partial charge in [0.1, 0.15) is 12.3 Å². The molecule has 3 nitrogen and oxygen atoms in total. The molecule has 18 heavy (non-hydrogen) atoms. The number of hydrogen-bond donors (Lipinski definition) is 1. The average molecular weight is 326 g/mol. The van der Waals surface area contributed by atoms with Gasteiger partial charge in [0.05, 0.1) is 12.7 Å². The van der Waals surface area contributed by atoms with E-state index in [1.54, 1.807) is 19.1 Å². The summed E-state index contributed by atoms with van der Waals surface area (Å²) in [6, 6.07) is 3.17. The van der Waals surface area contributed by atoms with E-state index >= 15 is 0 Å². The highest BCUT2D eigenvalue weighted by molar-refractivity contribution is 9.10. The van der Waals surface area contributed by atoms with Crippen LogP contribution in [0.3, 0.4) is 0 Å². The third kappa shape index (κ3) is 3.63. The maximum absolute atomic E-state index is 12.0. The summed E-state index contributed by atoms with van der Waals surface area (Å²) in [4.78, 5) is 11.7. The molecule has 1 aromatic rings. The first-order valence-corrected chi connectivity index (χ1v) is 5.73. The first kappa shape index (κ1) is 14.8. The molecule has 100 valence electrons. The van der Waals surface area contributed by atoms with Crippen molar-refractivity contribution in [3.63, 3.8) is 0 Å². The van der Waals surface area contributed by atoms with Gasteiger partial charge in [0, 0.05) is 10.0 Å². The van der Waals surface area contributed by atoms with Gasteiger partial charge in [-0.1, -0.05) is 0 Å². The zero-order chi connectivity index (χ0) is 13.9. The predicted molar refractivity (Wildman–Crippen MR) is 63.8 cm³/mol. The fourth-order valence-electron chi connectivity index (χ4n) is 1.43. The van der Waals surface area contributed by atoms with Crippen molar-refractivity contribution < 1.29 is 22.7 Å². The van der Waals surface area contributed by atoms with Crippen LogP contribution in [0.2, 0.25) is 0 Å². The minimum absolute atomic E-state index is 0.138. The first-order valence-electron chi connectivity index (χ1n) is 4.94. The number of amides is 1. The Bertz CT molecular complexity index is 460. The van der Waals surface area contributed by atoms with Crippen LogP contribution in [0.15, 0.2) is 16.6 Å². The van der Waals surface area contributed by atoms with E-state index in [2.05, 4.69) is 15.9 Å². The molecule has 0 heterocycles. The molecule has 1 aromatic carbocycles.